The first-order valence-corrected chi connectivity index (χ1v) is 5.51. The van der Waals surface area contributed by atoms with Crippen LogP contribution in [0.15, 0.2) is 0 Å². The van der Waals surface area contributed by atoms with Crippen molar-refractivity contribution < 1.29 is 4.74 Å². The van der Waals surface area contributed by atoms with Crippen molar-refractivity contribution in [3.8, 4) is 0 Å². The molecule has 1 unspecified atom stereocenters. The molecule has 0 aromatic carbocycles. The molecule has 1 fully saturated rings. The zero-order valence-electron chi connectivity index (χ0n) is 9.23. The van der Waals surface area contributed by atoms with Crippen LogP contribution in [0.4, 0.5) is 0 Å². The van der Waals surface area contributed by atoms with E-state index in [0.29, 0.717) is 5.54 Å². The lowest BCUT2D eigenvalue weighted by molar-refractivity contribution is 0.165. The fourth-order valence-electron chi connectivity index (χ4n) is 2.19. The van der Waals surface area contributed by atoms with Crippen molar-refractivity contribution in [1.82, 2.24) is 5.32 Å². The molecule has 0 saturated carbocycles. The lowest BCUT2D eigenvalue weighted by Gasteiger charge is -2.29. The van der Waals surface area contributed by atoms with E-state index in [-0.39, 0.29) is 0 Å². The Kier molecular flexibility index (Phi) is 4.20. The topological polar surface area (TPSA) is 21.3 Å². The first kappa shape index (κ1) is 11.0. The molecule has 0 radical (unpaired) electrons. The van der Waals surface area contributed by atoms with Crippen molar-refractivity contribution in [3.63, 3.8) is 0 Å². The van der Waals surface area contributed by atoms with Crippen molar-refractivity contribution in [2.45, 2.75) is 52.0 Å². The highest BCUT2D eigenvalue weighted by Crippen LogP contribution is 2.26. The molecule has 0 bridgehead atoms. The van der Waals surface area contributed by atoms with Crippen LogP contribution in [0.25, 0.3) is 0 Å². The maximum Gasteiger partial charge on any atom is 0.0971 e. The first-order valence-electron chi connectivity index (χ1n) is 5.51. The molecule has 1 heterocycles. The van der Waals surface area contributed by atoms with Crippen LogP contribution in [-0.2, 0) is 4.74 Å². The van der Waals surface area contributed by atoms with Gasteiger partial charge in [-0.2, -0.15) is 0 Å². The molecule has 0 amide bonds. The zero-order valence-corrected chi connectivity index (χ0v) is 9.23. The van der Waals surface area contributed by atoms with Gasteiger partial charge in [0.05, 0.1) is 13.3 Å². The highest BCUT2D eigenvalue weighted by molar-refractivity contribution is 4.90. The van der Waals surface area contributed by atoms with E-state index in [1.54, 1.807) is 0 Å². The lowest BCUT2D eigenvalue weighted by atomic mass is 9.85. The van der Waals surface area contributed by atoms with Crippen LogP contribution in [0.2, 0.25) is 0 Å². The lowest BCUT2D eigenvalue weighted by Crippen LogP contribution is -2.43. The summed E-state index contributed by atoms with van der Waals surface area (Å²) in [6, 6.07) is 0. The third kappa shape index (κ3) is 3.28. The third-order valence-corrected chi connectivity index (χ3v) is 2.74. The molecule has 1 saturated heterocycles. The molecule has 1 aliphatic heterocycles. The number of ether oxygens (including phenoxy) is 1. The van der Waals surface area contributed by atoms with Gasteiger partial charge in [-0.25, -0.2) is 0 Å². The second kappa shape index (κ2) is 4.97. The van der Waals surface area contributed by atoms with Gasteiger partial charge in [-0.05, 0) is 18.8 Å². The van der Waals surface area contributed by atoms with E-state index in [1.807, 2.05) is 0 Å². The predicted octanol–water partition coefficient (Wildman–Crippen LogP) is 2.54. The smallest absolute Gasteiger partial charge is 0.0971 e. The van der Waals surface area contributed by atoms with E-state index in [0.717, 1.165) is 19.3 Å². The Morgan fingerprint density at radius 1 is 1.46 bits per heavy atom. The third-order valence-electron chi connectivity index (χ3n) is 2.74. The van der Waals surface area contributed by atoms with Crippen LogP contribution in [0.5, 0.6) is 0 Å². The first-order chi connectivity index (χ1) is 6.18. The van der Waals surface area contributed by atoms with Crippen molar-refractivity contribution in [1.29, 1.82) is 0 Å². The molecule has 1 rings (SSSR count). The van der Waals surface area contributed by atoms with Crippen molar-refractivity contribution in [2.75, 3.05) is 13.3 Å². The van der Waals surface area contributed by atoms with Gasteiger partial charge in [0.15, 0.2) is 0 Å². The fraction of sp³-hybridized carbons (Fsp3) is 1.00. The molecule has 2 heteroatoms. The molecule has 13 heavy (non-hydrogen) atoms. The second-order valence-corrected chi connectivity index (χ2v) is 4.65. The minimum Gasteiger partial charge on any atom is -0.364 e. The predicted molar refractivity (Wildman–Crippen MR) is 55.7 cm³/mol. The summed E-state index contributed by atoms with van der Waals surface area (Å²) in [6.45, 7) is 8.47. The summed E-state index contributed by atoms with van der Waals surface area (Å²) in [5, 5.41) is 3.51. The highest BCUT2D eigenvalue weighted by Gasteiger charge is 2.33. The normalized spacial score (nSPS) is 28.6. The van der Waals surface area contributed by atoms with Crippen molar-refractivity contribution in [2.24, 2.45) is 5.92 Å². The minimum atomic E-state index is 0.296. The number of unbranched alkanes of at least 4 members (excludes halogenated alkanes) is 1. The van der Waals surface area contributed by atoms with Gasteiger partial charge in [0.2, 0.25) is 0 Å². The second-order valence-electron chi connectivity index (χ2n) is 4.65. The fourth-order valence-corrected chi connectivity index (χ4v) is 2.19. The van der Waals surface area contributed by atoms with E-state index < -0.39 is 0 Å². The van der Waals surface area contributed by atoms with Crippen LogP contribution in [0.1, 0.15) is 46.5 Å². The van der Waals surface area contributed by atoms with Gasteiger partial charge < -0.3 is 4.74 Å². The van der Waals surface area contributed by atoms with Crippen LogP contribution < -0.4 is 5.32 Å². The monoisotopic (exact) mass is 185 g/mol. The average molecular weight is 185 g/mol. The molecule has 1 N–H and O–H groups in total. The Morgan fingerprint density at radius 3 is 2.69 bits per heavy atom. The van der Waals surface area contributed by atoms with E-state index in [4.69, 9.17) is 4.74 Å². The molecule has 0 spiro atoms. The number of hydrogen-bond acceptors (Lipinski definition) is 2. The number of hydrogen-bond donors (Lipinski definition) is 1. The Bertz CT molecular complexity index is 139. The van der Waals surface area contributed by atoms with Gasteiger partial charge in [0, 0.05) is 5.54 Å². The molecule has 0 aromatic heterocycles. The summed E-state index contributed by atoms with van der Waals surface area (Å²) >= 11 is 0. The zero-order chi connectivity index (χ0) is 9.73. The van der Waals surface area contributed by atoms with Crippen LogP contribution >= 0.6 is 0 Å². The molecular formula is C11H23NO. The Hall–Kier alpha value is -0.0800. The molecule has 0 aromatic rings. The van der Waals surface area contributed by atoms with Crippen LogP contribution in [0, 0.1) is 5.92 Å². The molecule has 78 valence electrons. The molecule has 1 aliphatic rings. The minimum absolute atomic E-state index is 0.296. The summed E-state index contributed by atoms with van der Waals surface area (Å²) in [4.78, 5) is 0. The van der Waals surface area contributed by atoms with Gasteiger partial charge in [-0.15, -0.1) is 0 Å². The largest absolute Gasteiger partial charge is 0.364 e. The summed E-state index contributed by atoms with van der Waals surface area (Å²) in [7, 11) is 0. The average Bonchev–Trinajstić information content (AvgIpc) is 2.49. The van der Waals surface area contributed by atoms with Gasteiger partial charge in [-0.1, -0.05) is 33.6 Å². The van der Waals surface area contributed by atoms with Gasteiger partial charge in [-0.3, -0.25) is 5.32 Å². The van der Waals surface area contributed by atoms with Gasteiger partial charge in [0.25, 0.3) is 0 Å². The molecule has 0 aliphatic carbocycles. The van der Waals surface area contributed by atoms with E-state index in [2.05, 4.69) is 26.1 Å². The quantitative estimate of drug-likeness (QED) is 0.710. The van der Waals surface area contributed by atoms with Crippen LogP contribution in [-0.4, -0.2) is 18.9 Å². The van der Waals surface area contributed by atoms with E-state index >= 15 is 0 Å². The van der Waals surface area contributed by atoms with Gasteiger partial charge >= 0.3 is 0 Å². The maximum absolute atomic E-state index is 5.45. The molecule has 2 nitrogen and oxygen atoms in total. The SMILES string of the molecule is CCCCC1(CC(C)C)COCN1. The summed E-state index contributed by atoms with van der Waals surface area (Å²) in [5.74, 6) is 0.756. The maximum atomic E-state index is 5.45. The Balaban J connectivity index is 2.42. The highest BCUT2D eigenvalue weighted by atomic mass is 16.5. The van der Waals surface area contributed by atoms with Crippen LogP contribution in [0.3, 0.4) is 0 Å². The van der Waals surface area contributed by atoms with E-state index in [1.165, 1.54) is 25.7 Å². The summed E-state index contributed by atoms with van der Waals surface area (Å²) < 4.78 is 5.45. The summed E-state index contributed by atoms with van der Waals surface area (Å²) in [6.07, 6.45) is 5.10. The van der Waals surface area contributed by atoms with Crippen molar-refractivity contribution in [3.05, 3.63) is 0 Å². The Labute approximate surface area is 82.0 Å². The van der Waals surface area contributed by atoms with Crippen molar-refractivity contribution >= 4 is 0 Å². The standard InChI is InChI=1S/C11H23NO/c1-4-5-6-11(7-10(2)3)8-13-9-12-11/h10,12H,4-9H2,1-3H3. The molecule has 1 atom stereocenters. The number of rotatable bonds is 5. The summed E-state index contributed by atoms with van der Waals surface area (Å²) in [5.41, 5.74) is 0.296. The number of nitrogens with one attached hydrogen (secondary N) is 1. The molecular weight excluding hydrogens is 162 g/mol. The van der Waals surface area contributed by atoms with E-state index in [9.17, 15) is 0 Å². The Morgan fingerprint density at radius 2 is 2.23 bits per heavy atom. The van der Waals surface area contributed by atoms with Gasteiger partial charge in [0.1, 0.15) is 0 Å².